The lowest BCUT2D eigenvalue weighted by molar-refractivity contribution is -0.136. The van der Waals surface area contributed by atoms with Crippen LogP contribution in [0.1, 0.15) is 15.9 Å². The highest BCUT2D eigenvalue weighted by molar-refractivity contribution is 6.39. The summed E-state index contributed by atoms with van der Waals surface area (Å²) < 4.78 is 4.57. The van der Waals surface area contributed by atoms with E-state index in [1.807, 2.05) is 0 Å². The van der Waals surface area contributed by atoms with Gasteiger partial charge in [-0.3, -0.25) is 9.59 Å². The number of nitrogens with one attached hydrogen (secondary N) is 2. The molecule has 2 amide bonds. The van der Waals surface area contributed by atoms with Gasteiger partial charge in [0, 0.05) is 16.3 Å². The SMILES string of the molecule is COC(=O)c1ccc(NC(=O)C(=O)N/N=C/c2ccc(Cl)cc2Cl)cc1. The highest BCUT2D eigenvalue weighted by atomic mass is 35.5. The molecule has 7 nitrogen and oxygen atoms in total. The normalized spacial score (nSPS) is 10.4. The lowest BCUT2D eigenvalue weighted by atomic mass is 10.2. The number of esters is 1. The number of benzene rings is 2. The molecule has 26 heavy (non-hydrogen) atoms. The number of nitrogens with zero attached hydrogens (tertiary/aromatic N) is 1. The molecule has 2 rings (SSSR count). The van der Waals surface area contributed by atoms with Crippen molar-refractivity contribution in [2.24, 2.45) is 5.10 Å². The van der Waals surface area contributed by atoms with Crippen molar-refractivity contribution < 1.29 is 19.1 Å². The van der Waals surface area contributed by atoms with Gasteiger partial charge in [-0.1, -0.05) is 29.3 Å². The molecule has 0 aliphatic rings. The summed E-state index contributed by atoms with van der Waals surface area (Å²) in [4.78, 5) is 34.9. The Morgan fingerprint density at radius 3 is 2.35 bits per heavy atom. The molecule has 0 aromatic heterocycles. The van der Waals surface area contributed by atoms with Crippen molar-refractivity contribution in [2.45, 2.75) is 0 Å². The number of methoxy groups -OCH3 is 1. The van der Waals surface area contributed by atoms with E-state index in [-0.39, 0.29) is 0 Å². The Morgan fingerprint density at radius 1 is 1.04 bits per heavy atom. The molecule has 9 heteroatoms. The van der Waals surface area contributed by atoms with Gasteiger partial charge in [-0.25, -0.2) is 10.2 Å². The third-order valence-corrected chi connectivity index (χ3v) is 3.66. The van der Waals surface area contributed by atoms with E-state index in [1.54, 1.807) is 12.1 Å². The van der Waals surface area contributed by atoms with Crippen LogP contribution in [0.2, 0.25) is 10.0 Å². The monoisotopic (exact) mass is 393 g/mol. The number of hydrogen-bond donors (Lipinski definition) is 2. The maximum absolute atomic E-state index is 11.8. The Kier molecular flexibility index (Phi) is 6.71. The first-order valence-electron chi connectivity index (χ1n) is 7.18. The summed E-state index contributed by atoms with van der Waals surface area (Å²) in [5.41, 5.74) is 3.26. The minimum absolute atomic E-state index is 0.319. The molecule has 0 aliphatic heterocycles. The second kappa shape index (κ2) is 8.98. The van der Waals surface area contributed by atoms with E-state index in [0.717, 1.165) is 0 Å². The van der Waals surface area contributed by atoms with Gasteiger partial charge in [0.15, 0.2) is 0 Å². The molecule has 0 atom stereocenters. The predicted molar refractivity (Wildman–Crippen MR) is 98.6 cm³/mol. The van der Waals surface area contributed by atoms with Crippen LogP contribution in [0.4, 0.5) is 5.69 Å². The molecule has 0 bridgehead atoms. The molecule has 0 heterocycles. The second-order valence-electron chi connectivity index (χ2n) is 4.89. The van der Waals surface area contributed by atoms with Gasteiger partial charge in [-0.05, 0) is 36.4 Å². The van der Waals surface area contributed by atoms with Gasteiger partial charge in [0.25, 0.3) is 0 Å². The van der Waals surface area contributed by atoms with Crippen molar-refractivity contribution in [1.82, 2.24) is 5.43 Å². The number of anilines is 1. The van der Waals surface area contributed by atoms with Crippen LogP contribution < -0.4 is 10.7 Å². The van der Waals surface area contributed by atoms with E-state index >= 15 is 0 Å². The number of ether oxygens (including phenoxy) is 1. The van der Waals surface area contributed by atoms with E-state index in [2.05, 4.69) is 20.6 Å². The Labute approximate surface area is 158 Å². The van der Waals surface area contributed by atoms with Gasteiger partial charge in [0.2, 0.25) is 0 Å². The first kappa shape index (κ1) is 19.4. The molecule has 2 aromatic rings. The summed E-state index contributed by atoms with van der Waals surface area (Å²) >= 11 is 11.7. The zero-order chi connectivity index (χ0) is 19.1. The molecule has 0 unspecified atom stereocenters. The Bertz CT molecular complexity index is 867. The molecule has 2 N–H and O–H groups in total. The summed E-state index contributed by atoms with van der Waals surface area (Å²) in [5.74, 6) is -2.39. The molecule has 0 fully saturated rings. The van der Waals surface area contributed by atoms with Gasteiger partial charge in [-0.2, -0.15) is 5.10 Å². The highest BCUT2D eigenvalue weighted by Gasteiger charge is 2.13. The quantitative estimate of drug-likeness (QED) is 0.361. The standard InChI is InChI=1S/C17H13Cl2N3O4/c1-26-17(25)10-3-6-13(7-4-10)21-15(23)16(24)22-20-9-11-2-5-12(18)8-14(11)19/h2-9H,1H3,(H,21,23)(H,22,24)/b20-9+. The van der Waals surface area contributed by atoms with Crippen LogP contribution in [0.5, 0.6) is 0 Å². The smallest absolute Gasteiger partial charge is 0.337 e. The molecule has 0 spiro atoms. The van der Waals surface area contributed by atoms with E-state index in [4.69, 9.17) is 23.2 Å². The Hall–Kier alpha value is -2.90. The molecule has 0 radical (unpaired) electrons. The Balaban J connectivity index is 1.92. The minimum atomic E-state index is -0.969. The van der Waals surface area contributed by atoms with E-state index < -0.39 is 17.8 Å². The average molecular weight is 394 g/mol. The van der Waals surface area contributed by atoms with Crippen molar-refractivity contribution in [2.75, 3.05) is 12.4 Å². The molecule has 0 saturated carbocycles. The lowest BCUT2D eigenvalue weighted by Gasteiger charge is -2.05. The topological polar surface area (TPSA) is 96.9 Å². The summed E-state index contributed by atoms with van der Waals surface area (Å²) in [5, 5.41) is 6.86. The lowest BCUT2D eigenvalue weighted by Crippen LogP contribution is -2.32. The number of hydrazone groups is 1. The number of hydrogen-bond acceptors (Lipinski definition) is 5. The maximum Gasteiger partial charge on any atom is 0.337 e. The predicted octanol–water partition coefficient (Wildman–Crippen LogP) is 2.87. The van der Waals surface area contributed by atoms with E-state index in [9.17, 15) is 14.4 Å². The van der Waals surface area contributed by atoms with Gasteiger partial charge in [-0.15, -0.1) is 0 Å². The molecular weight excluding hydrogens is 381 g/mol. The average Bonchev–Trinajstić information content (AvgIpc) is 2.63. The maximum atomic E-state index is 11.8. The zero-order valence-electron chi connectivity index (χ0n) is 13.5. The van der Waals surface area contributed by atoms with Gasteiger partial charge in [0.05, 0.1) is 23.9 Å². The Morgan fingerprint density at radius 2 is 1.73 bits per heavy atom. The van der Waals surface area contributed by atoms with E-state index in [0.29, 0.717) is 26.9 Å². The van der Waals surface area contributed by atoms with Crippen LogP contribution in [-0.4, -0.2) is 31.1 Å². The minimum Gasteiger partial charge on any atom is -0.465 e. The van der Waals surface area contributed by atoms with Crippen LogP contribution >= 0.6 is 23.2 Å². The molecule has 0 aliphatic carbocycles. The third-order valence-electron chi connectivity index (χ3n) is 3.10. The van der Waals surface area contributed by atoms with Crippen molar-refractivity contribution in [3.05, 3.63) is 63.6 Å². The van der Waals surface area contributed by atoms with Crippen LogP contribution in [0.25, 0.3) is 0 Å². The first-order valence-corrected chi connectivity index (χ1v) is 7.94. The van der Waals surface area contributed by atoms with E-state index in [1.165, 1.54) is 43.7 Å². The van der Waals surface area contributed by atoms with Crippen LogP contribution in [0.15, 0.2) is 47.6 Å². The van der Waals surface area contributed by atoms with Gasteiger partial charge < -0.3 is 10.1 Å². The fourth-order valence-corrected chi connectivity index (χ4v) is 2.27. The highest BCUT2D eigenvalue weighted by Crippen LogP contribution is 2.19. The number of rotatable bonds is 4. The summed E-state index contributed by atoms with van der Waals surface area (Å²) in [7, 11) is 1.26. The summed E-state index contributed by atoms with van der Waals surface area (Å²) in [6, 6.07) is 10.6. The zero-order valence-corrected chi connectivity index (χ0v) is 15.0. The van der Waals surface area contributed by atoms with Crippen LogP contribution in [0.3, 0.4) is 0 Å². The summed E-state index contributed by atoms with van der Waals surface area (Å²) in [6.07, 6.45) is 1.29. The molecule has 134 valence electrons. The number of amides is 2. The van der Waals surface area contributed by atoms with Crippen molar-refractivity contribution in [1.29, 1.82) is 0 Å². The van der Waals surface area contributed by atoms with Crippen molar-refractivity contribution in [3.63, 3.8) is 0 Å². The van der Waals surface area contributed by atoms with Crippen molar-refractivity contribution >= 4 is 52.9 Å². The van der Waals surface area contributed by atoms with Crippen molar-refractivity contribution in [3.8, 4) is 0 Å². The molecule has 2 aromatic carbocycles. The van der Waals surface area contributed by atoms with Crippen LogP contribution in [-0.2, 0) is 14.3 Å². The fourth-order valence-electron chi connectivity index (χ4n) is 1.81. The molecular formula is C17H13Cl2N3O4. The fraction of sp³-hybridized carbons (Fsp3) is 0.0588. The summed E-state index contributed by atoms with van der Waals surface area (Å²) in [6.45, 7) is 0. The van der Waals surface area contributed by atoms with Gasteiger partial charge >= 0.3 is 17.8 Å². The molecule has 0 saturated heterocycles. The first-order chi connectivity index (χ1) is 12.4. The van der Waals surface area contributed by atoms with Gasteiger partial charge in [0.1, 0.15) is 0 Å². The number of carbonyl (C=O) groups is 3. The third kappa shape index (κ3) is 5.30. The largest absolute Gasteiger partial charge is 0.465 e. The number of halogens is 2. The van der Waals surface area contributed by atoms with Crippen LogP contribution in [0, 0.1) is 0 Å². The second-order valence-corrected chi connectivity index (χ2v) is 5.73. The number of carbonyl (C=O) groups excluding carboxylic acids is 3.